The lowest BCUT2D eigenvalue weighted by molar-refractivity contribution is -0.146. The van der Waals surface area contributed by atoms with Crippen LogP contribution < -0.4 is 10.2 Å². The maximum Gasteiger partial charge on any atom is 0.312 e. The number of nitrogens with zero attached hydrogens (tertiary/aromatic N) is 3. The summed E-state index contributed by atoms with van der Waals surface area (Å²) in [6.07, 6.45) is 0.847. The number of hydrogen-bond donors (Lipinski definition) is 1. The average Bonchev–Trinajstić information content (AvgIpc) is 2.73. The molecular formula is C21H32N4O3. The highest BCUT2D eigenvalue weighted by atomic mass is 16.5. The molecule has 0 radical (unpaired) electrons. The Morgan fingerprint density at radius 1 is 1.04 bits per heavy atom. The van der Waals surface area contributed by atoms with E-state index in [1.807, 2.05) is 0 Å². The normalized spacial score (nSPS) is 18.2. The van der Waals surface area contributed by atoms with E-state index in [9.17, 15) is 9.59 Å². The van der Waals surface area contributed by atoms with Crippen molar-refractivity contribution in [3.05, 3.63) is 29.3 Å². The highest BCUT2D eigenvalue weighted by Gasteiger charge is 2.26. The molecule has 0 bridgehead atoms. The maximum atomic E-state index is 12.4. The van der Waals surface area contributed by atoms with E-state index in [4.69, 9.17) is 4.74 Å². The van der Waals surface area contributed by atoms with Crippen LogP contribution in [-0.4, -0.2) is 87.2 Å². The number of ether oxygens (including phenoxy) is 1. The zero-order chi connectivity index (χ0) is 19.9. The van der Waals surface area contributed by atoms with E-state index in [-0.39, 0.29) is 0 Å². The van der Waals surface area contributed by atoms with Gasteiger partial charge in [-0.2, -0.15) is 0 Å². The van der Waals surface area contributed by atoms with Gasteiger partial charge in [0.05, 0.1) is 13.2 Å². The van der Waals surface area contributed by atoms with Gasteiger partial charge in [-0.15, -0.1) is 0 Å². The first-order valence-corrected chi connectivity index (χ1v) is 10.2. The van der Waals surface area contributed by atoms with Gasteiger partial charge in [0.1, 0.15) is 0 Å². The molecule has 0 spiro atoms. The molecule has 0 atom stereocenters. The van der Waals surface area contributed by atoms with Gasteiger partial charge in [-0.25, -0.2) is 0 Å². The number of benzene rings is 1. The molecule has 1 aromatic carbocycles. The van der Waals surface area contributed by atoms with E-state index >= 15 is 0 Å². The van der Waals surface area contributed by atoms with Crippen LogP contribution in [0, 0.1) is 13.8 Å². The number of anilines is 1. The van der Waals surface area contributed by atoms with Crippen LogP contribution in [0.4, 0.5) is 5.69 Å². The minimum atomic E-state index is -0.484. The van der Waals surface area contributed by atoms with Crippen molar-refractivity contribution in [1.29, 1.82) is 0 Å². The molecule has 1 N–H and O–H groups in total. The highest BCUT2D eigenvalue weighted by Crippen LogP contribution is 2.23. The fourth-order valence-electron chi connectivity index (χ4n) is 3.78. The Hall–Kier alpha value is -2.12. The molecule has 3 rings (SSSR count). The largest absolute Gasteiger partial charge is 0.379 e. The van der Waals surface area contributed by atoms with Gasteiger partial charge >= 0.3 is 11.8 Å². The topological polar surface area (TPSA) is 65.1 Å². The molecule has 154 valence electrons. The van der Waals surface area contributed by atoms with Crippen molar-refractivity contribution in [3.63, 3.8) is 0 Å². The molecule has 0 aromatic heterocycles. The van der Waals surface area contributed by atoms with E-state index in [0.29, 0.717) is 19.6 Å². The predicted molar refractivity (Wildman–Crippen MR) is 110 cm³/mol. The molecule has 2 fully saturated rings. The summed E-state index contributed by atoms with van der Waals surface area (Å²) >= 11 is 0. The summed E-state index contributed by atoms with van der Waals surface area (Å²) in [6.45, 7) is 11.8. The quantitative estimate of drug-likeness (QED) is 0.597. The molecule has 0 aliphatic carbocycles. The third kappa shape index (κ3) is 5.23. The lowest BCUT2D eigenvalue weighted by atomic mass is 10.1. The molecule has 1 aromatic rings. The lowest BCUT2D eigenvalue weighted by Crippen LogP contribution is -2.53. The molecule has 7 heteroatoms. The van der Waals surface area contributed by atoms with Gasteiger partial charge in [0.25, 0.3) is 0 Å². The maximum absolute atomic E-state index is 12.4. The third-order valence-electron chi connectivity index (χ3n) is 5.72. The summed E-state index contributed by atoms with van der Waals surface area (Å²) in [5.41, 5.74) is 3.77. The SMILES string of the molecule is Cc1cccc(N2CCN(C(=O)C(=O)NCCCN3CCOCC3)CC2)c1C. The number of carbonyl (C=O) groups is 2. The number of carbonyl (C=O) groups excluding carboxylic acids is 2. The molecule has 0 unspecified atom stereocenters. The van der Waals surface area contributed by atoms with E-state index in [0.717, 1.165) is 52.4 Å². The number of rotatable bonds is 5. The zero-order valence-corrected chi connectivity index (χ0v) is 17.1. The number of nitrogens with one attached hydrogen (secondary N) is 1. The van der Waals surface area contributed by atoms with Crippen molar-refractivity contribution in [1.82, 2.24) is 15.1 Å². The Bertz CT molecular complexity index is 680. The fraction of sp³-hybridized carbons (Fsp3) is 0.619. The van der Waals surface area contributed by atoms with Crippen LogP contribution >= 0.6 is 0 Å². The van der Waals surface area contributed by atoms with Gasteiger partial charge in [-0.3, -0.25) is 14.5 Å². The van der Waals surface area contributed by atoms with Crippen LogP contribution in [-0.2, 0) is 14.3 Å². The lowest BCUT2D eigenvalue weighted by Gasteiger charge is -2.36. The van der Waals surface area contributed by atoms with Gasteiger partial charge < -0.3 is 19.9 Å². The Balaban J connectivity index is 1.39. The Morgan fingerprint density at radius 2 is 1.75 bits per heavy atom. The number of aryl methyl sites for hydroxylation is 1. The molecule has 2 aliphatic heterocycles. The molecule has 2 amide bonds. The van der Waals surface area contributed by atoms with Crippen LogP contribution in [0.15, 0.2) is 18.2 Å². The summed E-state index contributed by atoms with van der Waals surface area (Å²) in [4.78, 5) is 30.9. The number of amides is 2. The Kier molecular flexibility index (Phi) is 7.28. The van der Waals surface area contributed by atoms with E-state index in [2.05, 4.69) is 47.2 Å². The monoisotopic (exact) mass is 388 g/mol. The molecular weight excluding hydrogens is 356 g/mol. The Labute approximate surface area is 167 Å². The second kappa shape index (κ2) is 9.89. The van der Waals surface area contributed by atoms with Gasteiger partial charge in [0.2, 0.25) is 0 Å². The fourth-order valence-corrected chi connectivity index (χ4v) is 3.78. The zero-order valence-electron chi connectivity index (χ0n) is 17.1. The van der Waals surface area contributed by atoms with Gasteiger partial charge in [0.15, 0.2) is 0 Å². The van der Waals surface area contributed by atoms with Crippen molar-refractivity contribution >= 4 is 17.5 Å². The predicted octanol–water partition coefficient (Wildman–Crippen LogP) is 0.791. The van der Waals surface area contributed by atoms with Crippen LogP contribution in [0.3, 0.4) is 0 Å². The smallest absolute Gasteiger partial charge is 0.312 e. The van der Waals surface area contributed by atoms with Crippen LogP contribution in [0.1, 0.15) is 17.5 Å². The minimum absolute atomic E-state index is 0.410. The third-order valence-corrected chi connectivity index (χ3v) is 5.72. The number of morpholine rings is 1. The van der Waals surface area contributed by atoms with Crippen molar-refractivity contribution < 1.29 is 14.3 Å². The van der Waals surface area contributed by atoms with Crippen LogP contribution in [0.5, 0.6) is 0 Å². The second-order valence-electron chi connectivity index (χ2n) is 7.56. The van der Waals surface area contributed by atoms with Gasteiger partial charge in [-0.1, -0.05) is 12.1 Å². The van der Waals surface area contributed by atoms with E-state index in [1.165, 1.54) is 16.8 Å². The highest BCUT2D eigenvalue weighted by molar-refractivity contribution is 6.35. The number of piperazine rings is 1. The molecule has 7 nitrogen and oxygen atoms in total. The molecule has 0 saturated carbocycles. The van der Waals surface area contributed by atoms with Crippen LogP contribution in [0.2, 0.25) is 0 Å². The summed E-state index contributed by atoms with van der Waals surface area (Å²) in [7, 11) is 0. The van der Waals surface area contributed by atoms with E-state index in [1.54, 1.807) is 4.90 Å². The summed E-state index contributed by atoms with van der Waals surface area (Å²) < 4.78 is 5.33. The molecule has 2 saturated heterocycles. The second-order valence-corrected chi connectivity index (χ2v) is 7.56. The summed E-state index contributed by atoms with van der Waals surface area (Å²) in [5, 5.41) is 2.78. The average molecular weight is 389 g/mol. The van der Waals surface area contributed by atoms with E-state index < -0.39 is 11.8 Å². The van der Waals surface area contributed by atoms with Crippen molar-refractivity contribution in [3.8, 4) is 0 Å². The van der Waals surface area contributed by atoms with Gasteiger partial charge in [0, 0.05) is 51.5 Å². The molecule has 2 aliphatic rings. The van der Waals surface area contributed by atoms with Gasteiger partial charge in [-0.05, 0) is 44.0 Å². The van der Waals surface area contributed by atoms with Crippen LogP contribution in [0.25, 0.3) is 0 Å². The first-order chi connectivity index (χ1) is 13.6. The molecule has 2 heterocycles. The van der Waals surface area contributed by atoms with Crippen molar-refractivity contribution in [2.45, 2.75) is 20.3 Å². The van der Waals surface area contributed by atoms with Crippen molar-refractivity contribution in [2.75, 3.05) is 70.5 Å². The summed E-state index contributed by atoms with van der Waals surface area (Å²) in [5.74, 6) is -0.894. The van der Waals surface area contributed by atoms with Crippen molar-refractivity contribution in [2.24, 2.45) is 0 Å². The minimum Gasteiger partial charge on any atom is -0.379 e. The Morgan fingerprint density at radius 3 is 2.46 bits per heavy atom. The standard InChI is InChI=1S/C21H32N4O3/c1-17-5-3-6-19(18(17)2)24-9-11-25(12-10-24)21(27)20(26)22-7-4-8-23-13-15-28-16-14-23/h3,5-6H,4,7-16H2,1-2H3,(H,22,26). The first kappa shape index (κ1) is 20.6. The number of hydrogen-bond acceptors (Lipinski definition) is 5. The summed E-state index contributed by atoms with van der Waals surface area (Å²) in [6, 6.07) is 6.31. The molecule has 28 heavy (non-hydrogen) atoms. The first-order valence-electron chi connectivity index (χ1n) is 10.2.